The predicted octanol–water partition coefficient (Wildman–Crippen LogP) is 6.83. The molecule has 4 aromatic rings. The van der Waals surface area contributed by atoms with Crippen LogP contribution in [0.1, 0.15) is 28.8 Å². The molecule has 1 heterocycles. The van der Waals surface area contributed by atoms with Crippen LogP contribution in [0.3, 0.4) is 0 Å². The average molecular weight is 447 g/mol. The van der Waals surface area contributed by atoms with Gasteiger partial charge in [-0.25, -0.2) is 9.78 Å². The minimum atomic E-state index is -1.83. The maximum absolute atomic E-state index is 12.1. The molecule has 1 aliphatic carbocycles. The van der Waals surface area contributed by atoms with Crippen molar-refractivity contribution in [1.82, 2.24) is 4.98 Å². The summed E-state index contributed by atoms with van der Waals surface area (Å²) in [5.74, 6) is 0.555. The largest absolute Gasteiger partial charge is 0.503 e. The minimum absolute atomic E-state index is 0.266. The van der Waals surface area contributed by atoms with Gasteiger partial charge < -0.3 is 15.5 Å². The third-order valence-corrected chi connectivity index (χ3v) is 6.14. The first-order valence-corrected chi connectivity index (χ1v) is 11.0. The molecular formula is C25H22N2O4S. The van der Waals surface area contributed by atoms with Crippen LogP contribution in [0.15, 0.2) is 66.7 Å². The van der Waals surface area contributed by atoms with Crippen molar-refractivity contribution in [1.29, 1.82) is 0 Å². The molecule has 7 heteroatoms. The van der Waals surface area contributed by atoms with Gasteiger partial charge in [0.1, 0.15) is 0 Å². The number of nitrogens with one attached hydrogen (secondary N) is 1. The maximum Gasteiger partial charge on any atom is 0.503 e. The average Bonchev–Trinajstić information content (AvgIpc) is 3.54. The molecule has 3 aromatic carbocycles. The Hall–Kier alpha value is -3.71. The van der Waals surface area contributed by atoms with Gasteiger partial charge in [0.05, 0.1) is 10.2 Å². The van der Waals surface area contributed by atoms with Gasteiger partial charge in [0.25, 0.3) is 0 Å². The molecule has 1 saturated carbocycles. The summed E-state index contributed by atoms with van der Waals surface area (Å²) < 4.78 is 1.19. The van der Waals surface area contributed by atoms with Gasteiger partial charge in [0.2, 0.25) is 0 Å². The molecule has 0 aliphatic heterocycles. The van der Waals surface area contributed by atoms with Crippen LogP contribution in [-0.4, -0.2) is 27.1 Å². The van der Waals surface area contributed by atoms with E-state index in [1.807, 2.05) is 24.3 Å². The Morgan fingerprint density at radius 3 is 2.09 bits per heavy atom. The zero-order valence-corrected chi connectivity index (χ0v) is 18.2. The van der Waals surface area contributed by atoms with Gasteiger partial charge in [-0.05, 0) is 54.7 Å². The monoisotopic (exact) mass is 446 g/mol. The number of Topliss-reactive ketones (excluding diaryl/α,β-unsaturated/α-hetero) is 1. The fourth-order valence-corrected chi connectivity index (χ4v) is 4.38. The van der Waals surface area contributed by atoms with Crippen LogP contribution >= 0.6 is 11.3 Å². The second kappa shape index (κ2) is 9.20. The molecule has 3 N–H and O–H groups in total. The molecule has 1 aliphatic rings. The number of hydrogen-bond donors (Lipinski definition) is 3. The van der Waals surface area contributed by atoms with Gasteiger partial charge in [-0.2, -0.15) is 0 Å². The second-order valence-corrected chi connectivity index (χ2v) is 8.67. The van der Waals surface area contributed by atoms with E-state index in [4.69, 9.17) is 20.0 Å². The van der Waals surface area contributed by atoms with Gasteiger partial charge >= 0.3 is 6.16 Å². The lowest BCUT2D eigenvalue weighted by Crippen LogP contribution is -2.00. The van der Waals surface area contributed by atoms with Crippen molar-refractivity contribution in [2.24, 2.45) is 5.92 Å². The number of anilines is 2. The van der Waals surface area contributed by atoms with E-state index in [1.165, 1.54) is 10.3 Å². The number of carbonyl (C=O) groups is 2. The van der Waals surface area contributed by atoms with Crippen LogP contribution in [0.2, 0.25) is 0 Å². The lowest BCUT2D eigenvalue weighted by molar-refractivity contribution is 0.0967. The Labute approximate surface area is 189 Å². The predicted molar refractivity (Wildman–Crippen MR) is 127 cm³/mol. The Balaban J connectivity index is 0.000000567. The standard InChI is InChI=1S/C24H20N2OS.CH2O3/c1-15-3-2-4-21-22(15)26-24(28-21)25-20-13-11-17(12-14-20)16-5-7-18(8-6-16)23(27)19-9-10-19;2-1(3)4/h2-8,11-14,19H,9-10H2,1H3,(H,25,26);(H2,2,3,4). The van der Waals surface area contributed by atoms with E-state index >= 15 is 0 Å². The molecule has 6 nitrogen and oxygen atoms in total. The summed E-state index contributed by atoms with van der Waals surface area (Å²) in [6, 6.07) is 22.6. The number of ketones is 1. The topological polar surface area (TPSA) is 99.5 Å². The van der Waals surface area contributed by atoms with Crippen molar-refractivity contribution < 1.29 is 19.8 Å². The number of benzene rings is 3. The highest BCUT2D eigenvalue weighted by atomic mass is 32.1. The first-order chi connectivity index (χ1) is 15.4. The summed E-state index contributed by atoms with van der Waals surface area (Å²) in [5, 5.41) is 18.3. The fraction of sp³-hybridized carbons (Fsp3) is 0.160. The zero-order chi connectivity index (χ0) is 22.7. The zero-order valence-electron chi connectivity index (χ0n) is 17.4. The molecule has 0 saturated heterocycles. The van der Waals surface area contributed by atoms with E-state index in [0.717, 1.165) is 45.9 Å². The molecule has 162 valence electrons. The second-order valence-electron chi connectivity index (χ2n) is 7.64. The van der Waals surface area contributed by atoms with Gasteiger partial charge in [-0.15, -0.1) is 0 Å². The Morgan fingerprint density at radius 2 is 1.53 bits per heavy atom. The molecule has 0 spiro atoms. The van der Waals surface area contributed by atoms with Crippen molar-refractivity contribution in [2.45, 2.75) is 19.8 Å². The van der Waals surface area contributed by atoms with Gasteiger partial charge in [0.15, 0.2) is 10.9 Å². The minimum Gasteiger partial charge on any atom is -0.450 e. The summed E-state index contributed by atoms with van der Waals surface area (Å²) in [6.07, 6.45) is 0.256. The Morgan fingerprint density at radius 1 is 0.938 bits per heavy atom. The summed E-state index contributed by atoms with van der Waals surface area (Å²) in [6.45, 7) is 2.09. The van der Waals surface area contributed by atoms with E-state index < -0.39 is 6.16 Å². The van der Waals surface area contributed by atoms with E-state index in [1.54, 1.807) is 11.3 Å². The highest BCUT2D eigenvalue weighted by molar-refractivity contribution is 7.22. The van der Waals surface area contributed by atoms with Crippen LogP contribution in [0.25, 0.3) is 21.3 Å². The molecule has 32 heavy (non-hydrogen) atoms. The van der Waals surface area contributed by atoms with Crippen LogP contribution in [0, 0.1) is 12.8 Å². The van der Waals surface area contributed by atoms with E-state index in [0.29, 0.717) is 0 Å². The molecule has 5 rings (SSSR count). The maximum atomic E-state index is 12.1. The van der Waals surface area contributed by atoms with Gasteiger partial charge in [-0.3, -0.25) is 4.79 Å². The molecule has 0 amide bonds. The van der Waals surface area contributed by atoms with E-state index in [9.17, 15) is 4.79 Å². The third kappa shape index (κ3) is 5.12. The number of carbonyl (C=O) groups excluding carboxylic acids is 1. The number of fused-ring (bicyclic) bond motifs is 1. The van der Waals surface area contributed by atoms with Crippen LogP contribution in [0.5, 0.6) is 0 Å². The van der Waals surface area contributed by atoms with Gasteiger partial charge in [-0.1, -0.05) is 59.9 Å². The smallest absolute Gasteiger partial charge is 0.450 e. The normalized spacial score (nSPS) is 12.7. The number of hydrogen-bond acceptors (Lipinski definition) is 5. The number of aromatic nitrogens is 1. The van der Waals surface area contributed by atoms with Gasteiger partial charge in [0, 0.05) is 17.2 Å². The summed E-state index contributed by atoms with van der Waals surface area (Å²) in [7, 11) is 0. The summed E-state index contributed by atoms with van der Waals surface area (Å²) >= 11 is 1.66. The number of aryl methyl sites for hydroxylation is 1. The van der Waals surface area contributed by atoms with E-state index in [2.05, 4.69) is 54.7 Å². The molecule has 0 radical (unpaired) electrons. The first kappa shape index (κ1) is 21.5. The lowest BCUT2D eigenvalue weighted by Gasteiger charge is -2.06. The SMILES string of the molecule is Cc1cccc2sc(Nc3ccc(-c4ccc(C(=O)C5CC5)cc4)cc3)nc12.O=C(O)O. The number of thiazole rings is 1. The third-order valence-electron chi connectivity index (χ3n) is 5.21. The number of nitrogens with zero attached hydrogens (tertiary/aromatic N) is 1. The molecule has 1 fully saturated rings. The fourth-order valence-electron chi connectivity index (χ4n) is 3.42. The molecular weight excluding hydrogens is 424 g/mol. The molecule has 1 aromatic heterocycles. The molecule has 0 unspecified atom stereocenters. The Bertz CT molecular complexity index is 1260. The quantitative estimate of drug-likeness (QED) is 0.291. The van der Waals surface area contributed by atoms with Crippen molar-refractivity contribution in [3.63, 3.8) is 0 Å². The molecule has 0 atom stereocenters. The van der Waals surface area contributed by atoms with Crippen molar-refractivity contribution in [3.8, 4) is 11.1 Å². The van der Waals surface area contributed by atoms with E-state index in [-0.39, 0.29) is 11.7 Å². The van der Waals surface area contributed by atoms with Crippen LogP contribution in [-0.2, 0) is 0 Å². The first-order valence-electron chi connectivity index (χ1n) is 10.2. The number of para-hydroxylation sites is 1. The van der Waals surface area contributed by atoms with Crippen molar-refractivity contribution in [2.75, 3.05) is 5.32 Å². The van der Waals surface area contributed by atoms with Crippen LogP contribution < -0.4 is 5.32 Å². The van der Waals surface area contributed by atoms with Crippen molar-refractivity contribution in [3.05, 3.63) is 77.9 Å². The number of carboxylic acid groups (broad SMARTS) is 2. The van der Waals surface area contributed by atoms with Crippen LogP contribution in [0.4, 0.5) is 15.6 Å². The molecule has 0 bridgehead atoms. The van der Waals surface area contributed by atoms with Crippen molar-refractivity contribution >= 4 is 44.3 Å². The highest BCUT2D eigenvalue weighted by Gasteiger charge is 2.30. The summed E-state index contributed by atoms with van der Waals surface area (Å²) in [4.78, 5) is 25.4. The number of rotatable bonds is 5. The lowest BCUT2D eigenvalue weighted by atomic mass is 10.0. The highest BCUT2D eigenvalue weighted by Crippen LogP contribution is 2.33. The summed E-state index contributed by atoms with van der Waals surface area (Å²) in [5.41, 5.74) is 6.36. The Kier molecular flexibility index (Phi) is 6.18.